The summed E-state index contributed by atoms with van der Waals surface area (Å²) in [4.78, 5) is 6.91. The molecule has 1 atom stereocenters. The van der Waals surface area contributed by atoms with Gasteiger partial charge in [0.05, 0.1) is 5.71 Å². The highest BCUT2D eigenvalue weighted by Crippen LogP contribution is 2.19. The van der Waals surface area contributed by atoms with E-state index in [1.54, 1.807) is 0 Å². The van der Waals surface area contributed by atoms with Gasteiger partial charge in [0, 0.05) is 18.9 Å². The van der Waals surface area contributed by atoms with Crippen molar-refractivity contribution < 1.29 is 0 Å². The Hall–Kier alpha value is -3.07. The molecule has 0 spiro atoms. The lowest BCUT2D eigenvalue weighted by molar-refractivity contribution is 0.434. The van der Waals surface area contributed by atoms with Gasteiger partial charge < -0.3 is 10.2 Å². The van der Waals surface area contributed by atoms with Gasteiger partial charge in [-0.05, 0) is 75.2 Å². The second-order valence-corrected chi connectivity index (χ2v) is 7.42. The maximum atomic E-state index is 4.78. The number of benzene rings is 2. The van der Waals surface area contributed by atoms with Crippen molar-refractivity contribution in [3.8, 4) is 0 Å². The van der Waals surface area contributed by atoms with E-state index in [1.165, 1.54) is 16.7 Å². The predicted octanol–water partition coefficient (Wildman–Crippen LogP) is 6.67. The van der Waals surface area contributed by atoms with Crippen molar-refractivity contribution in [3.63, 3.8) is 0 Å². The molecule has 0 aromatic heterocycles. The van der Waals surface area contributed by atoms with E-state index >= 15 is 0 Å². The highest BCUT2D eigenvalue weighted by Gasteiger charge is 2.15. The van der Waals surface area contributed by atoms with Gasteiger partial charge in [-0.15, -0.1) is 0 Å². The number of rotatable bonds is 8. The molecule has 1 N–H and O–H groups in total. The lowest BCUT2D eigenvalue weighted by Gasteiger charge is -2.29. The number of hydrogen-bond acceptors (Lipinski definition) is 3. The zero-order chi connectivity index (χ0) is 21.4. The number of nitrogens with zero attached hydrogens (tertiary/aromatic N) is 2. The molecule has 0 bridgehead atoms. The summed E-state index contributed by atoms with van der Waals surface area (Å²) in [5, 5.41) is 3.61. The topological polar surface area (TPSA) is 27.6 Å². The van der Waals surface area contributed by atoms with E-state index in [0.717, 1.165) is 22.5 Å². The van der Waals surface area contributed by atoms with E-state index in [1.807, 2.05) is 25.3 Å². The van der Waals surface area contributed by atoms with Crippen molar-refractivity contribution in [2.45, 2.75) is 40.8 Å². The maximum absolute atomic E-state index is 4.78. The van der Waals surface area contributed by atoms with Gasteiger partial charge in [-0.1, -0.05) is 54.6 Å². The Kier molecular flexibility index (Phi) is 8.02. The van der Waals surface area contributed by atoms with Gasteiger partial charge in [-0.3, -0.25) is 4.99 Å². The molecule has 2 aromatic rings. The van der Waals surface area contributed by atoms with E-state index in [2.05, 4.69) is 100 Å². The minimum Gasteiger partial charge on any atom is -0.360 e. The zero-order valence-electron chi connectivity index (χ0n) is 18.5. The molecular formula is C26H33N3. The van der Waals surface area contributed by atoms with E-state index < -0.39 is 0 Å². The van der Waals surface area contributed by atoms with Crippen LogP contribution in [-0.2, 0) is 0 Å². The molecule has 1 unspecified atom stereocenters. The standard InChI is InChI=1S/C26H33N3/c1-8-16-29(7)26(28-25-15-14-23(9-2)20(4)17-25)22(6)27-18-21(5)24-12-10-19(3)11-13-24/h8-18,26,28H,2H2,1,3-7H3/b16-8-,21-18+,27-22?. The third kappa shape index (κ3) is 6.21. The quantitative estimate of drug-likeness (QED) is 0.404. The number of allylic oxidation sites excluding steroid dienone is 2. The summed E-state index contributed by atoms with van der Waals surface area (Å²) in [6.45, 7) is 14.2. The molecule has 0 aliphatic heterocycles. The third-order valence-corrected chi connectivity index (χ3v) is 4.95. The van der Waals surface area contributed by atoms with Crippen LogP contribution in [0.1, 0.15) is 43.0 Å². The van der Waals surface area contributed by atoms with Crippen molar-refractivity contribution >= 4 is 23.0 Å². The monoisotopic (exact) mass is 387 g/mol. The van der Waals surface area contributed by atoms with Crippen molar-refractivity contribution in [2.75, 3.05) is 12.4 Å². The highest BCUT2D eigenvalue weighted by atomic mass is 15.2. The zero-order valence-corrected chi connectivity index (χ0v) is 18.5. The second-order valence-electron chi connectivity index (χ2n) is 7.42. The highest BCUT2D eigenvalue weighted by molar-refractivity contribution is 5.90. The minimum absolute atomic E-state index is 0.0535. The fourth-order valence-electron chi connectivity index (χ4n) is 3.13. The molecule has 2 aromatic carbocycles. The van der Waals surface area contributed by atoms with Crippen LogP contribution in [0.25, 0.3) is 11.6 Å². The first kappa shape index (κ1) is 22.2. The van der Waals surface area contributed by atoms with E-state index in [0.29, 0.717) is 0 Å². The summed E-state index contributed by atoms with van der Waals surface area (Å²) in [5.41, 5.74) is 7.98. The predicted molar refractivity (Wildman–Crippen MR) is 129 cm³/mol. The molecule has 0 fully saturated rings. The molecule has 0 amide bonds. The van der Waals surface area contributed by atoms with E-state index in [4.69, 9.17) is 4.99 Å². The number of hydrogen-bond donors (Lipinski definition) is 1. The van der Waals surface area contributed by atoms with Crippen molar-refractivity contribution in [2.24, 2.45) is 4.99 Å². The molecule has 3 nitrogen and oxygen atoms in total. The van der Waals surface area contributed by atoms with Crippen LogP contribution in [0.4, 0.5) is 5.69 Å². The Morgan fingerprint density at radius 1 is 1.10 bits per heavy atom. The number of aryl methyl sites for hydroxylation is 2. The van der Waals surface area contributed by atoms with Gasteiger partial charge in [0.1, 0.15) is 6.17 Å². The van der Waals surface area contributed by atoms with Gasteiger partial charge >= 0.3 is 0 Å². The lowest BCUT2D eigenvalue weighted by atomic mass is 10.1. The van der Waals surface area contributed by atoms with Crippen LogP contribution in [0.3, 0.4) is 0 Å². The van der Waals surface area contributed by atoms with Gasteiger partial charge in [-0.25, -0.2) is 0 Å². The number of anilines is 1. The smallest absolute Gasteiger partial charge is 0.138 e. The Labute approximate surface area is 176 Å². The van der Waals surface area contributed by atoms with Crippen molar-refractivity contribution in [1.82, 2.24) is 4.90 Å². The number of nitrogens with one attached hydrogen (secondary N) is 1. The molecule has 0 radical (unpaired) electrons. The Morgan fingerprint density at radius 2 is 1.79 bits per heavy atom. The van der Waals surface area contributed by atoms with Crippen LogP contribution in [0.15, 0.2) is 72.5 Å². The molecule has 0 heterocycles. The van der Waals surface area contributed by atoms with Gasteiger partial charge in [0.25, 0.3) is 0 Å². The Morgan fingerprint density at radius 3 is 2.38 bits per heavy atom. The normalized spacial score (nSPS) is 13.4. The Balaban J connectivity index is 2.29. The largest absolute Gasteiger partial charge is 0.360 e. The van der Waals surface area contributed by atoms with Crippen LogP contribution >= 0.6 is 0 Å². The first-order chi connectivity index (χ1) is 13.8. The summed E-state index contributed by atoms with van der Waals surface area (Å²) in [6, 6.07) is 14.8. The summed E-state index contributed by atoms with van der Waals surface area (Å²) in [5.74, 6) is 0. The molecule has 29 heavy (non-hydrogen) atoms. The molecule has 3 heteroatoms. The summed E-state index contributed by atoms with van der Waals surface area (Å²) in [6.07, 6.45) is 7.86. The third-order valence-electron chi connectivity index (χ3n) is 4.95. The van der Waals surface area contributed by atoms with Crippen LogP contribution in [-0.4, -0.2) is 23.8 Å². The molecule has 2 rings (SSSR count). The average molecular weight is 388 g/mol. The van der Waals surface area contributed by atoms with Crippen molar-refractivity contribution in [1.29, 1.82) is 0 Å². The van der Waals surface area contributed by atoms with E-state index in [9.17, 15) is 0 Å². The summed E-state index contributed by atoms with van der Waals surface area (Å²) < 4.78 is 0. The molecule has 152 valence electrons. The number of aliphatic imine (C=N–C) groups is 1. The summed E-state index contributed by atoms with van der Waals surface area (Å²) >= 11 is 0. The SMILES string of the molecule is C=Cc1ccc(NC(C(C)=N/C=C(\C)c2ccc(C)cc2)N(C)/C=C\C)cc1C. The average Bonchev–Trinajstić information content (AvgIpc) is 2.70. The maximum Gasteiger partial charge on any atom is 0.138 e. The molecular weight excluding hydrogens is 354 g/mol. The van der Waals surface area contributed by atoms with E-state index in [-0.39, 0.29) is 6.17 Å². The van der Waals surface area contributed by atoms with Crippen LogP contribution in [0.5, 0.6) is 0 Å². The molecule has 0 aliphatic rings. The van der Waals surface area contributed by atoms with Crippen LogP contribution < -0.4 is 5.32 Å². The molecule has 0 aliphatic carbocycles. The van der Waals surface area contributed by atoms with Crippen LogP contribution in [0, 0.1) is 13.8 Å². The van der Waals surface area contributed by atoms with Gasteiger partial charge in [-0.2, -0.15) is 0 Å². The fraction of sp³-hybridized carbons (Fsp3) is 0.269. The molecule has 0 saturated carbocycles. The van der Waals surface area contributed by atoms with Gasteiger partial charge in [0.15, 0.2) is 0 Å². The lowest BCUT2D eigenvalue weighted by Crippen LogP contribution is -2.40. The van der Waals surface area contributed by atoms with Gasteiger partial charge in [0.2, 0.25) is 0 Å². The second kappa shape index (κ2) is 10.5. The van der Waals surface area contributed by atoms with Crippen LogP contribution in [0.2, 0.25) is 0 Å². The minimum atomic E-state index is -0.0535. The Bertz CT molecular complexity index is 917. The molecule has 0 saturated heterocycles. The first-order valence-corrected chi connectivity index (χ1v) is 9.98. The summed E-state index contributed by atoms with van der Waals surface area (Å²) in [7, 11) is 2.05. The fourth-order valence-corrected chi connectivity index (χ4v) is 3.13. The van der Waals surface area contributed by atoms with Crippen molar-refractivity contribution in [3.05, 3.63) is 89.8 Å². The first-order valence-electron chi connectivity index (χ1n) is 9.98.